The van der Waals surface area contributed by atoms with Crippen LogP contribution in [0.15, 0.2) is 22.7 Å². The van der Waals surface area contributed by atoms with Gasteiger partial charge in [-0.15, -0.1) is 0 Å². The molecule has 4 heteroatoms. The molecule has 0 bridgehead atoms. The summed E-state index contributed by atoms with van der Waals surface area (Å²) in [5.74, 6) is 5.88. The molecule has 13 heavy (non-hydrogen) atoms. The van der Waals surface area contributed by atoms with Gasteiger partial charge in [-0.1, -0.05) is 6.07 Å². The lowest BCUT2D eigenvalue weighted by molar-refractivity contribution is 0.0663. The minimum Gasteiger partial charge on any atom is -0.496 e. The Kier molecular flexibility index (Phi) is 3.71. The van der Waals surface area contributed by atoms with Crippen molar-refractivity contribution in [2.75, 3.05) is 7.11 Å². The van der Waals surface area contributed by atoms with Crippen LogP contribution in [0.1, 0.15) is 18.6 Å². The third-order valence-corrected chi connectivity index (χ3v) is 2.47. The Morgan fingerprint density at radius 1 is 1.46 bits per heavy atom. The van der Waals surface area contributed by atoms with Crippen molar-refractivity contribution in [3.05, 3.63) is 28.2 Å². The highest BCUT2D eigenvalue weighted by molar-refractivity contribution is 9.10. The van der Waals surface area contributed by atoms with E-state index in [1.165, 1.54) is 0 Å². The number of methoxy groups -OCH3 is 1. The van der Waals surface area contributed by atoms with Gasteiger partial charge in [-0.3, -0.25) is 4.84 Å². The molecule has 0 aliphatic rings. The number of halogens is 1. The molecule has 72 valence electrons. The van der Waals surface area contributed by atoms with Crippen LogP contribution in [-0.2, 0) is 4.84 Å². The van der Waals surface area contributed by atoms with E-state index >= 15 is 0 Å². The largest absolute Gasteiger partial charge is 0.496 e. The molecule has 0 aliphatic carbocycles. The number of benzene rings is 1. The van der Waals surface area contributed by atoms with Crippen LogP contribution in [0.3, 0.4) is 0 Å². The quantitative estimate of drug-likeness (QED) is 0.833. The first-order chi connectivity index (χ1) is 6.19. The molecule has 0 amide bonds. The number of hydrogen-bond donors (Lipinski definition) is 1. The van der Waals surface area contributed by atoms with Gasteiger partial charge in [-0.05, 0) is 40.5 Å². The zero-order valence-electron chi connectivity index (χ0n) is 7.58. The predicted molar refractivity (Wildman–Crippen MR) is 54.4 cm³/mol. The maximum Gasteiger partial charge on any atom is 0.133 e. The number of rotatable bonds is 3. The molecule has 0 spiro atoms. The van der Waals surface area contributed by atoms with Gasteiger partial charge in [0.2, 0.25) is 0 Å². The van der Waals surface area contributed by atoms with Crippen LogP contribution in [0.4, 0.5) is 0 Å². The summed E-state index contributed by atoms with van der Waals surface area (Å²) in [6.45, 7) is 1.88. The standard InChI is InChI=1S/C9H12BrNO2/c1-6(13-11)7-3-4-9(12-2)8(10)5-7/h3-6H,11H2,1-2H3. The maximum absolute atomic E-state index is 5.09. The lowest BCUT2D eigenvalue weighted by Crippen LogP contribution is -2.05. The Morgan fingerprint density at radius 3 is 2.62 bits per heavy atom. The molecule has 1 atom stereocenters. The van der Waals surface area contributed by atoms with Crippen molar-refractivity contribution in [1.29, 1.82) is 0 Å². The van der Waals surface area contributed by atoms with Crippen molar-refractivity contribution in [3.8, 4) is 5.75 Å². The van der Waals surface area contributed by atoms with E-state index in [9.17, 15) is 0 Å². The second-order valence-electron chi connectivity index (χ2n) is 2.67. The third kappa shape index (κ3) is 2.43. The molecule has 0 heterocycles. The van der Waals surface area contributed by atoms with Crippen molar-refractivity contribution in [2.24, 2.45) is 5.90 Å². The molecular weight excluding hydrogens is 234 g/mol. The van der Waals surface area contributed by atoms with Crippen LogP contribution in [-0.4, -0.2) is 7.11 Å². The first-order valence-corrected chi connectivity index (χ1v) is 4.67. The molecule has 0 saturated heterocycles. The first-order valence-electron chi connectivity index (χ1n) is 3.88. The van der Waals surface area contributed by atoms with Crippen LogP contribution >= 0.6 is 15.9 Å². The normalized spacial score (nSPS) is 12.6. The average molecular weight is 246 g/mol. The van der Waals surface area contributed by atoms with Crippen molar-refractivity contribution < 1.29 is 9.57 Å². The fraction of sp³-hybridized carbons (Fsp3) is 0.333. The molecule has 0 fully saturated rings. The highest BCUT2D eigenvalue weighted by Crippen LogP contribution is 2.28. The van der Waals surface area contributed by atoms with Gasteiger partial charge in [0.15, 0.2) is 0 Å². The summed E-state index contributed by atoms with van der Waals surface area (Å²) in [7, 11) is 1.63. The Hall–Kier alpha value is -0.580. The van der Waals surface area contributed by atoms with E-state index in [-0.39, 0.29) is 6.10 Å². The van der Waals surface area contributed by atoms with E-state index in [1.54, 1.807) is 7.11 Å². The zero-order chi connectivity index (χ0) is 9.84. The van der Waals surface area contributed by atoms with E-state index in [4.69, 9.17) is 15.5 Å². The van der Waals surface area contributed by atoms with Crippen molar-refractivity contribution in [1.82, 2.24) is 0 Å². The Balaban J connectivity index is 2.95. The average Bonchev–Trinajstić information content (AvgIpc) is 2.16. The lowest BCUT2D eigenvalue weighted by Gasteiger charge is -2.10. The summed E-state index contributed by atoms with van der Waals surface area (Å²) < 4.78 is 5.99. The fourth-order valence-electron chi connectivity index (χ4n) is 1.01. The summed E-state index contributed by atoms with van der Waals surface area (Å²) >= 11 is 3.38. The van der Waals surface area contributed by atoms with Gasteiger partial charge in [0.05, 0.1) is 11.6 Å². The summed E-state index contributed by atoms with van der Waals surface area (Å²) in [6, 6.07) is 5.71. The Morgan fingerprint density at radius 2 is 2.15 bits per heavy atom. The van der Waals surface area contributed by atoms with Gasteiger partial charge in [-0.25, -0.2) is 5.90 Å². The van der Waals surface area contributed by atoms with Crippen LogP contribution in [0, 0.1) is 0 Å². The van der Waals surface area contributed by atoms with Crippen molar-refractivity contribution in [3.63, 3.8) is 0 Å². The molecule has 0 aromatic heterocycles. The minimum atomic E-state index is -0.109. The Labute approximate surface area is 85.9 Å². The van der Waals surface area contributed by atoms with Crippen LogP contribution in [0.2, 0.25) is 0 Å². The second-order valence-corrected chi connectivity index (χ2v) is 3.53. The third-order valence-electron chi connectivity index (χ3n) is 1.85. The first kappa shape index (κ1) is 10.5. The minimum absolute atomic E-state index is 0.109. The molecule has 1 unspecified atom stereocenters. The molecule has 0 aliphatic heterocycles. The number of hydrogen-bond acceptors (Lipinski definition) is 3. The number of nitrogens with two attached hydrogens (primary N) is 1. The molecule has 2 N–H and O–H groups in total. The van der Waals surface area contributed by atoms with Crippen LogP contribution < -0.4 is 10.6 Å². The molecule has 3 nitrogen and oxygen atoms in total. The van der Waals surface area contributed by atoms with E-state index in [1.807, 2.05) is 25.1 Å². The summed E-state index contributed by atoms with van der Waals surface area (Å²) in [6.07, 6.45) is -0.109. The fourth-order valence-corrected chi connectivity index (χ4v) is 1.57. The van der Waals surface area contributed by atoms with Gasteiger partial charge >= 0.3 is 0 Å². The monoisotopic (exact) mass is 245 g/mol. The van der Waals surface area contributed by atoms with Gasteiger partial charge < -0.3 is 4.74 Å². The second kappa shape index (κ2) is 4.60. The summed E-state index contributed by atoms with van der Waals surface area (Å²) in [5.41, 5.74) is 1.01. The molecule has 1 rings (SSSR count). The molecule has 1 aromatic rings. The van der Waals surface area contributed by atoms with Crippen molar-refractivity contribution >= 4 is 15.9 Å². The predicted octanol–water partition coefficient (Wildman–Crippen LogP) is 2.41. The highest BCUT2D eigenvalue weighted by atomic mass is 79.9. The molecule has 0 radical (unpaired) electrons. The summed E-state index contributed by atoms with van der Waals surface area (Å²) in [5, 5.41) is 0. The molecule has 1 aromatic carbocycles. The van der Waals surface area contributed by atoms with E-state index in [0.717, 1.165) is 15.8 Å². The zero-order valence-corrected chi connectivity index (χ0v) is 9.17. The lowest BCUT2D eigenvalue weighted by atomic mass is 10.1. The van der Waals surface area contributed by atoms with E-state index in [2.05, 4.69) is 15.9 Å². The maximum atomic E-state index is 5.09. The van der Waals surface area contributed by atoms with Gasteiger partial charge in [0.1, 0.15) is 11.9 Å². The summed E-state index contributed by atoms with van der Waals surface area (Å²) in [4.78, 5) is 4.70. The van der Waals surface area contributed by atoms with E-state index < -0.39 is 0 Å². The van der Waals surface area contributed by atoms with Gasteiger partial charge in [-0.2, -0.15) is 0 Å². The van der Waals surface area contributed by atoms with E-state index in [0.29, 0.717) is 0 Å². The van der Waals surface area contributed by atoms with Crippen molar-refractivity contribution in [2.45, 2.75) is 13.0 Å². The van der Waals surface area contributed by atoms with Crippen LogP contribution in [0.25, 0.3) is 0 Å². The van der Waals surface area contributed by atoms with Crippen LogP contribution in [0.5, 0.6) is 5.75 Å². The SMILES string of the molecule is COc1ccc(C(C)ON)cc1Br. The van der Waals surface area contributed by atoms with Gasteiger partial charge in [0, 0.05) is 0 Å². The smallest absolute Gasteiger partial charge is 0.133 e. The Bertz CT molecular complexity index is 291. The van der Waals surface area contributed by atoms with Gasteiger partial charge in [0.25, 0.3) is 0 Å². The highest BCUT2D eigenvalue weighted by Gasteiger charge is 2.07. The topological polar surface area (TPSA) is 44.5 Å². The molecular formula is C9H12BrNO2. The molecule has 0 saturated carbocycles. The number of ether oxygens (including phenoxy) is 1.